The molecule has 5 rings (SSSR count). The average Bonchev–Trinajstić information content (AvgIpc) is 3.23. The van der Waals surface area contributed by atoms with Crippen molar-refractivity contribution in [2.75, 3.05) is 11.1 Å². The van der Waals surface area contributed by atoms with E-state index in [1.54, 1.807) is 16.3 Å². The lowest BCUT2D eigenvalue weighted by Crippen LogP contribution is -2.27. The van der Waals surface area contributed by atoms with Gasteiger partial charge in [-0.2, -0.15) is 0 Å². The van der Waals surface area contributed by atoms with E-state index in [-0.39, 0.29) is 17.2 Å². The number of nitrogens with zero attached hydrogens (tertiary/aromatic N) is 2. The summed E-state index contributed by atoms with van der Waals surface area (Å²) in [7, 11) is 0. The minimum Gasteiger partial charge on any atom is -0.325 e. The zero-order valence-electron chi connectivity index (χ0n) is 18.9. The highest BCUT2D eigenvalue weighted by Gasteiger charge is 2.26. The van der Waals surface area contributed by atoms with Crippen molar-refractivity contribution in [2.24, 2.45) is 0 Å². The second-order valence-corrected chi connectivity index (χ2v) is 10.7. The molecule has 1 amide bonds. The largest absolute Gasteiger partial charge is 0.325 e. The fraction of sp³-hybridized carbons (Fsp3) is 0.222. The molecule has 1 atom stereocenters. The van der Waals surface area contributed by atoms with Crippen LogP contribution in [0.25, 0.3) is 10.8 Å². The van der Waals surface area contributed by atoms with E-state index in [1.807, 2.05) is 60.7 Å². The molecule has 7 heteroatoms. The molecule has 34 heavy (non-hydrogen) atoms. The highest BCUT2D eigenvalue weighted by atomic mass is 32.2. The first-order valence-electron chi connectivity index (χ1n) is 11.3. The van der Waals surface area contributed by atoms with Crippen molar-refractivity contribution in [1.29, 1.82) is 0 Å². The van der Waals surface area contributed by atoms with Gasteiger partial charge in [-0.15, -0.1) is 11.8 Å². The maximum atomic E-state index is 13.3. The third-order valence-corrected chi connectivity index (χ3v) is 8.02. The number of nitrogens with one attached hydrogen (secondary N) is 1. The maximum Gasteiger partial charge on any atom is 0.268 e. The first-order chi connectivity index (χ1) is 16.6. The minimum absolute atomic E-state index is 0.00671. The van der Waals surface area contributed by atoms with Crippen molar-refractivity contribution in [1.82, 2.24) is 9.55 Å². The summed E-state index contributed by atoms with van der Waals surface area (Å²) in [6.07, 6.45) is 1.52. The van der Waals surface area contributed by atoms with Gasteiger partial charge in [-0.05, 0) is 23.4 Å². The second-order valence-electron chi connectivity index (χ2n) is 8.36. The molecular weight excluding hydrogens is 462 g/mol. The van der Waals surface area contributed by atoms with Crippen molar-refractivity contribution in [3.63, 3.8) is 0 Å². The lowest BCUT2D eigenvalue weighted by atomic mass is 10.1. The summed E-state index contributed by atoms with van der Waals surface area (Å²) in [5, 5.41) is 6.06. The molecule has 1 aromatic heterocycles. The zero-order valence-corrected chi connectivity index (χ0v) is 20.5. The van der Waals surface area contributed by atoms with E-state index in [0.29, 0.717) is 17.0 Å². The molecule has 0 bridgehead atoms. The summed E-state index contributed by atoms with van der Waals surface area (Å²) in [4.78, 5) is 31.7. The van der Waals surface area contributed by atoms with Gasteiger partial charge in [-0.1, -0.05) is 85.4 Å². The van der Waals surface area contributed by atoms with E-state index in [0.717, 1.165) is 39.9 Å². The molecule has 0 saturated heterocycles. The predicted octanol–water partition coefficient (Wildman–Crippen LogP) is 5.41. The van der Waals surface area contributed by atoms with E-state index in [4.69, 9.17) is 4.98 Å². The van der Waals surface area contributed by atoms with Gasteiger partial charge in [0.15, 0.2) is 5.16 Å². The molecule has 0 spiro atoms. The van der Waals surface area contributed by atoms with Crippen LogP contribution in [-0.4, -0.2) is 26.5 Å². The summed E-state index contributed by atoms with van der Waals surface area (Å²) >= 11 is 2.93. The number of aromatic nitrogens is 2. The van der Waals surface area contributed by atoms with Crippen LogP contribution in [0.1, 0.15) is 18.2 Å². The van der Waals surface area contributed by atoms with Crippen LogP contribution in [0.4, 0.5) is 5.69 Å². The molecule has 1 N–H and O–H groups in total. The van der Waals surface area contributed by atoms with Gasteiger partial charge in [-0.25, -0.2) is 4.98 Å². The Bertz CT molecular complexity index is 1400. The molecule has 172 valence electrons. The smallest absolute Gasteiger partial charge is 0.268 e. The third-order valence-electron chi connectivity index (χ3n) is 5.83. The highest BCUT2D eigenvalue weighted by molar-refractivity contribution is 8.00. The van der Waals surface area contributed by atoms with Gasteiger partial charge in [0.05, 0.1) is 16.3 Å². The van der Waals surface area contributed by atoms with Gasteiger partial charge in [-0.3, -0.25) is 14.2 Å². The number of hydrogen-bond acceptors (Lipinski definition) is 5. The summed E-state index contributed by atoms with van der Waals surface area (Å²) in [6.45, 7) is 2.65. The Balaban J connectivity index is 1.36. The van der Waals surface area contributed by atoms with Gasteiger partial charge >= 0.3 is 0 Å². The number of thioether (sulfide) groups is 2. The van der Waals surface area contributed by atoms with Crippen molar-refractivity contribution in [3.05, 3.63) is 94.4 Å². The number of rotatable bonds is 7. The van der Waals surface area contributed by atoms with E-state index in [2.05, 4.69) is 24.4 Å². The first-order valence-corrected chi connectivity index (χ1v) is 13.2. The van der Waals surface area contributed by atoms with Crippen molar-refractivity contribution < 1.29 is 4.79 Å². The average molecular weight is 488 g/mol. The number of amides is 1. The van der Waals surface area contributed by atoms with E-state index < -0.39 is 0 Å². The van der Waals surface area contributed by atoms with E-state index in [1.165, 1.54) is 17.3 Å². The van der Waals surface area contributed by atoms with Gasteiger partial charge < -0.3 is 5.32 Å². The first kappa shape index (κ1) is 22.7. The predicted molar refractivity (Wildman–Crippen MR) is 141 cm³/mol. The van der Waals surface area contributed by atoms with E-state index in [9.17, 15) is 9.59 Å². The maximum absolute atomic E-state index is 13.3. The summed E-state index contributed by atoms with van der Waals surface area (Å²) in [6, 6.07) is 24.0. The van der Waals surface area contributed by atoms with Crippen LogP contribution < -0.4 is 10.9 Å². The van der Waals surface area contributed by atoms with Crippen molar-refractivity contribution in [3.8, 4) is 0 Å². The Labute approximate surface area is 207 Å². The lowest BCUT2D eigenvalue weighted by Gasteiger charge is -2.14. The molecule has 1 unspecified atom stereocenters. The van der Waals surface area contributed by atoms with Gasteiger partial charge in [0.2, 0.25) is 5.91 Å². The van der Waals surface area contributed by atoms with Crippen LogP contribution in [0.15, 0.2) is 87.6 Å². The summed E-state index contributed by atoms with van der Waals surface area (Å²) < 4.78 is 1.74. The zero-order chi connectivity index (χ0) is 23.5. The van der Waals surface area contributed by atoms with Crippen LogP contribution >= 0.6 is 23.5 Å². The number of aryl methyl sites for hydroxylation is 1. The summed E-state index contributed by atoms with van der Waals surface area (Å²) in [5.41, 5.74) is 2.82. The number of anilines is 1. The number of fused-ring (bicyclic) bond motifs is 2. The molecule has 1 aliphatic rings. The van der Waals surface area contributed by atoms with Gasteiger partial charge in [0.1, 0.15) is 0 Å². The third kappa shape index (κ3) is 4.91. The second kappa shape index (κ2) is 10.1. The topological polar surface area (TPSA) is 64.0 Å². The molecule has 0 saturated carbocycles. The number of carbonyl (C=O) groups excluding carboxylic acids is 1. The molecular formula is C27H25N3O2S2. The molecule has 5 nitrogen and oxygen atoms in total. The number of benzene rings is 3. The van der Waals surface area contributed by atoms with Crippen LogP contribution in [0, 0.1) is 0 Å². The number of carbonyl (C=O) groups is 1. The fourth-order valence-electron chi connectivity index (χ4n) is 4.18. The van der Waals surface area contributed by atoms with Crippen LogP contribution in [0.5, 0.6) is 0 Å². The molecule has 3 aromatic carbocycles. The minimum atomic E-state index is -0.117. The Morgan fingerprint density at radius 1 is 1.09 bits per heavy atom. The molecule has 1 aliphatic heterocycles. The Hall–Kier alpha value is -3.03. The fourth-order valence-corrected chi connectivity index (χ4v) is 6.13. The van der Waals surface area contributed by atoms with Crippen LogP contribution in [-0.2, 0) is 24.2 Å². The van der Waals surface area contributed by atoms with E-state index >= 15 is 0 Å². The van der Waals surface area contributed by atoms with Gasteiger partial charge in [0.25, 0.3) is 5.56 Å². The lowest BCUT2D eigenvalue weighted by molar-refractivity contribution is -0.113. The van der Waals surface area contributed by atoms with Crippen LogP contribution in [0.2, 0.25) is 0 Å². The Kier molecular flexibility index (Phi) is 6.74. The Morgan fingerprint density at radius 2 is 1.85 bits per heavy atom. The quantitative estimate of drug-likeness (QED) is 0.279. The van der Waals surface area contributed by atoms with Crippen LogP contribution in [0.3, 0.4) is 0 Å². The van der Waals surface area contributed by atoms with Gasteiger partial charge in [0, 0.05) is 29.3 Å². The SMILES string of the molecule is CC1Cc2nc(SCC(=O)Nc3cccc4ccccc34)n(CCc3ccccc3)c(=O)c2S1. The highest BCUT2D eigenvalue weighted by Crippen LogP contribution is 2.34. The summed E-state index contributed by atoms with van der Waals surface area (Å²) in [5.74, 6) is 0.0658. The van der Waals surface area contributed by atoms with Crippen molar-refractivity contribution >= 4 is 45.9 Å². The monoisotopic (exact) mass is 487 g/mol. The molecule has 0 aliphatic carbocycles. The van der Waals surface area contributed by atoms with Crippen molar-refractivity contribution in [2.45, 2.75) is 41.6 Å². The molecule has 2 heterocycles. The molecule has 4 aromatic rings. The normalized spacial score (nSPS) is 14.8. The standard InChI is InChI=1S/C27H25N3O2S2/c1-18-16-23-25(34-18)26(32)30(15-14-19-8-3-2-4-9-19)27(29-23)33-17-24(31)28-22-13-7-11-20-10-5-6-12-21(20)22/h2-13,18H,14-17H2,1H3,(H,28,31). The molecule has 0 radical (unpaired) electrons. The Morgan fingerprint density at radius 3 is 2.71 bits per heavy atom. The number of hydrogen-bond donors (Lipinski definition) is 1. The molecule has 0 fully saturated rings.